The van der Waals surface area contributed by atoms with E-state index in [9.17, 15) is 19.2 Å². The third-order valence-electron chi connectivity index (χ3n) is 4.64. The first-order valence-electron chi connectivity index (χ1n) is 8.88. The Morgan fingerprint density at radius 1 is 1.19 bits per heavy atom. The Balaban J connectivity index is 1.73. The molecule has 2 unspecified atom stereocenters. The van der Waals surface area contributed by atoms with Crippen LogP contribution in [0.25, 0.3) is 10.9 Å². The summed E-state index contributed by atoms with van der Waals surface area (Å²) in [6.07, 6.45) is 1.93. The van der Waals surface area contributed by atoms with Crippen LogP contribution in [-0.2, 0) is 14.4 Å². The monoisotopic (exact) mass is 370 g/mol. The minimum atomic E-state index is -0.863. The van der Waals surface area contributed by atoms with E-state index in [4.69, 9.17) is 0 Å². The maximum Gasteiger partial charge on any atom is 0.289 e. The summed E-state index contributed by atoms with van der Waals surface area (Å²) < 4.78 is 0. The van der Waals surface area contributed by atoms with E-state index in [1.54, 1.807) is 20.0 Å². The molecule has 8 nitrogen and oxygen atoms in total. The number of hydrogen-bond donors (Lipinski definition) is 4. The fourth-order valence-corrected chi connectivity index (χ4v) is 3.12. The van der Waals surface area contributed by atoms with E-state index >= 15 is 0 Å². The molecule has 0 saturated carbocycles. The van der Waals surface area contributed by atoms with Crippen molar-refractivity contribution in [3.05, 3.63) is 36.0 Å². The highest BCUT2D eigenvalue weighted by molar-refractivity contribution is 6.39. The summed E-state index contributed by atoms with van der Waals surface area (Å²) in [4.78, 5) is 51.7. The number of Topliss-reactive ketones (excluding diaryl/α,β-unsaturated/α-hetero) is 1. The van der Waals surface area contributed by atoms with Gasteiger partial charge in [-0.3, -0.25) is 19.2 Å². The van der Waals surface area contributed by atoms with Gasteiger partial charge in [0.1, 0.15) is 6.04 Å². The van der Waals surface area contributed by atoms with Gasteiger partial charge in [0.15, 0.2) is 0 Å². The Labute approximate surface area is 156 Å². The van der Waals surface area contributed by atoms with Crippen molar-refractivity contribution in [2.75, 3.05) is 6.54 Å². The van der Waals surface area contributed by atoms with E-state index in [2.05, 4.69) is 20.9 Å². The molecular formula is C19H22N4O4. The number of piperidine rings is 1. The van der Waals surface area contributed by atoms with Gasteiger partial charge in [-0.2, -0.15) is 0 Å². The molecule has 2 atom stereocenters. The van der Waals surface area contributed by atoms with Crippen molar-refractivity contribution in [3.8, 4) is 0 Å². The number of carbonyl (C=O) groups is 4. The lowest BCUT2D eigenvalue weighted by atomic mass is 10.00. The van der Waals surface area contributed by atoms with Crippen molar-refractivity contribution in [2.24, 2.45) is 5.92 Å². The van der Waals surface area contributed by atoms with Crippen LogP contribution in [0.15, 0.2) is 30.5 Å². The summed E-state index contributed by atoms with van der Waals surface area (Å²) in [6, 6.07) is 5.69. The number of benzene rings is 1. The number of carbonyl (C=O) groups excluding carboxylic acids is 4. The van der Waals surface area contributed by atoms with E-state index in [1.807, 2.05) is 24.3 Å². The molecule has 0 bridgehead atoms. The third kappa shape index (κ3) is 3.84. The fraction of sp³-hybridized carbons (Fsp3) is 0.368. The molecule has 1 aromatic heterocycles. The molecule has 2 aromatic rings. The van der Waals surface area contributed by atoms with Gasteiger partial charge in [-0.15, -0.1) is 0 Å². The molecule has 2 heterocycles. The second-order valence-corrected chi connectivity index (χ2v) is 6.91. The summed E-state index contributed by atoms with van der Waals surface area (Å²) in [7, 11) is 0. The molecule has 4 N–H and O–H groups in total. The van der Waals surface area contributed by atoms with E-state index in [0.717, 1.165) is 10.9 Å². The Kier molecular flexibility index (Phi) is 5.25. The second-order valence-electron chi connectivity index (χ2n) is 6.91. The molecule has 3 rings (SSSR count). The lowest BCUT2D eigenvalue weighted by Gasteiger charge is -2.26. The van der Waals surface area contributed by atoms with Crippen LogP contribution in [0.3, 0.4) is 0 Å². The number of hydrogen-bond acceptors (Lipinski definition) is 4. The van der Waals surface area contributed by atoms with Gasteiger partial charge in [0.2, 0.25) is 11.7 Å². The quantitative estimate of drug-likeness (QED) is 0.573. The summed E-state index contributed by atoms with van der Waals surface area (Å²) >= 11 is 0. The number of aromatic nitrogens is 1. The summed E-state index contributed by atoms with van der Waals surface area (Å²) in [5.41, 5.74) is 1.27. The number of nitrogens with one attached hydrogen (secondary N) is 4. The molecule has 0 radical (unpaired) electrons. The number of para-hydroxylation sites is 1. The summed E-state index contributed by atoms with van der Waals surface area (Å²) in [5, 5.41) is 8.54. The number of rotatable bonds is 5. The molecule has 1 saturated heterocycles. The molecule has 142 valence electrons. The molecule has 1 aliphatic rings. The maximum absolute atomic E-state index is 12.7. The first-order chi connectivity index (χ1) is 12.9. The normalized spacial score (nSPS) is 18.3. The number of H-pyrrole nitrogens is 1. The van der Waals surface area contributed by atoms with E-state index < -0.39 is 29.7 Å². The third-order valence-corrected chi connectivity index (χ3v) is 4.64. The minimum absolute atomic E-state index is 0.202. The van der Waals surface area contributed by atoms with Crippen LogP contribution in [0.4, 0.5) is 0 Å². The number of amides is 3. The van der Waals surface area contributed by atoms with Gasteiger partial charge in [-0.05, 0) is 18.4 Å². The van der Waals surface area contributed by atoms with Crippen LogP contribution in [0.5, 0.6) is 0 Å². The first kappa shape index (κ1) is 18.6. The van der Waals surface area contributed by atoms with Gasteiger partial charge in [0.25, 0.3) is 11.8 Å². The van der Waals surface area contributed by atoms with Crippen molar-refractivity contribution in [1.82, 2.24) is 20.9 Å². The van der Waals surface area contributed by atoms with Gasteiger partial charge in [-0.25, -0.2) is 0 Å². The maximum atomic E-state index is 12.7. The van der Waals surface area contributed by atoms with Crippen LogP contribution >= 0.6 is 0 Å². The molecule has 1 aliphatic heterocycles. The summed E-state index contributed by atoms with van der Waals surface area (Å²) in [6.45, 7) is 3.92. The zero-order valence-electron chi connectivity index (χ0n) is 15.2. The fourth-order valence-electron chi connectivity index (χ4n) is 3.12. The molecule has 0 spiro atoms. The molecule has 0 aliphatic carbocycles. The zero-order chi connectivity index (χ0) is 19.6. The predicted octanol–water partition coefficient (Wildman–Crippen LogP) is 0.496. The molecule has 1 aromatic carbocycles. The second kappa shape index (κ2) is 7.61. The highest BCUT2D eigenvalue weighted by Gasteiger charge is 2.33. The number of ketones is 1. The van der Waals surface area contributed by atoms with Crippen molar-refractivity contribution >= 4 is 34.4 Å². The van der Waals surface area contributed by atoms with Gasteiger partial charge in [0, 0.05) is 23.6 Å². The van der Waals surface area contributed by atoms with Crippen LogP contribution < -0.4 is 16.0 Å². The minimum Gasteiger partial charge on any atom is -0.360 e. The largest absolute Gasteiger partial charge is 0.360 e. The van der Waals surface area contributed by atoms with Gasteiger partial charge >= 0.3 is 0 Å². The van der Waals surface area contributed by atoms with E-state index in [0.29, 0.717) is 18.5 Å². The number of aromatic amines is 1. The molecule has 8 heteroatoms. The summed E-state index contributed by atoms with van der Waals surface area (Å²) in [5.74, 6) is -2.43. The van der Waals surface area contributed by atoms with Crippen molar-refractivity contribution < 1.29 is 19.2 Å². The lowest BCUT2D eigenvalue weighted by molar-refractivity contribution is -0.142. The van der Waals surface area contributed by atoms with E-state index in [-0.39, 0.29) is 11.8 Å². The van der Waals surface area contributed by atoms with Crippen LogP contribution in [0.1, 0.15) is 30.6 Å². The Bertz CT molecular complexity index is 902. The van der Waals surface area contributed by atoms with E-state index in [1.165, 1.54) is 0 Å². The molecule has 3 amide bonds. The smallest absolute Gasteiger partial charge is 0.289 e. The van der Waals surface area contributed by atoms with Crippen molar-refractivity contribution in [2.45, 2.75) is 32.4 Å². The SMILES string of the molecule is CC(C)C(NC(=O)c1c[nH]c2ccccc12)C(=O)NC1CCNC(=O)C1=O. The first-order valence-corrected chi connectivity index (χ1v) is 8.88. The van der Waals surface area contributed by atoms with Crippen LogP contribution in [0, 0.1) is 5.92 Å². The predicted molar refractivity (Wildman–Crippen MR) is 99.0 cm³/mol. The molecule has 1 fully saturated rings. The Hall–Kier alpha value is -3.16. The standard InChI is InChI=1S/C19H22N4O4/c1-10(2)15(18(26)22-14-7-8-20-19(27)16(14)24)23-17(25)12-9-21-13-6-4-3-5-11(12)13/h3-6,9-10,14-15,21H,7-8H2,1-2H3,(H,20,27)(H,22,26)(H,23,25). The van der Waals surface area contributed by atoms with Gasteiger partial charge in [0.05, 0.1) is 11.6 Å². The van der Waals surface area contributed by atoms with Crippen LogP contribution in [0.2, 0.25) is 0 Å². The Morgan fingerprint density at radius 3 is 2.67 bits per heavy atom. The highest BCUT2D eigenvalue weighted by Crippen LogP contribution is 2.18. The molecule has 27 heavy (non-hydrogen) atoms. The molecular weight excluding hydrogens is 348 g/mol. The van der Waals surface area contributed by atoms with Crippen LogP contribution in [-0.4, -0.2) is 47.1 Å². The average Bonchev–Trinajstić information content (AvgIpc) is 3.07. The Morgan fingerprint density at radius 2 is 1.93 bits per heavy atom. The van der Waals surface area contributed by atoms with Crippen molar-refractivity contribution in [3.63, 3.8) is 0 Å². The lowest BCUT2D eigenvalue weighted by Crippen LogP contribution is -2.58. The van der Waals surface area contributed by atoms with Crippen molar-refractivity contribution in [1.29, 1.82) is 0 Å². The van der Waals surface area contributed by atoms with Gasteiger partial charge in [-0.1, -0.05) is 32.0 Å². The van der Waals surface area contributed by atoms with Gasteiger partial charge < -0.3 is 20.9 Å². The topological polar surface area (TPSA) is 120 Å². The zero-order valence-corrected chi connectivity index (χ0v) is 15.2. The highest BCUT2D eigenvalue weighted by atomic mass is 16.2. The average molecular weight is 370 g/mol. The number of fused-ring (bicyclic) bond motifs is 1.